The van der Waals surface area contributed by atoms with Gasteiger partial charge >= 0.3 is 5.97 Å². The number of carboxylic acids is 1. The van der Waals surface area contributed by atoms with Crippen molar-refractivity contribution >= 4 is 5.97 Å². The molecule has 0 spiro atoms. The van der Waals surface area contributed by atoms with Gasteiger partial charge in [0.15, 0.2) is 0 Å². The number of aromatic carboxylic acids is 1. The van der Waals surface area contributed by atoms with Crippen molar-refractivity contribution in [3.8, 4) is 0 Å². The van der Waals surface area contributed by atoms with Crippen LogP contribution in [0.3, 0.4) is 0 Å². The first-order valence-corrected chi connectivity index (χ1v) is 11.1. The van der Waals surface area contributed by atoms with Crippen molar-refractivity contribution in [1.82, 2.24) is 0 Å². The first-order valence-electron chi connectivity index (χ1n) is 11.1. The molecule has 6 nitrogen and oxygen atoms in total. The second-order valence-corrected chi connectivity index (χ2v) is 10.2. The maximum atomic E-state index is 10.2. The molecule has 0 amide bonds. The van der Waals surface area contributed by atoms with Gasteiger partial charge in [0, 0.05) is 0 Å². The number of benzene rings is 2. The van der Waals surface area contributed by atoms with Crippen LogP contribution in [0.2, 0.25) is 0 Å². The minimum Gasteiger partial charge on any atom is -0.478 e. The Morgan fingerprint density at radius 1 is 0.788 bits per heavy atom. The average molecular weight is 465 g/mol. The van der Waals surface area contributed by atoms with Crippen molar-refractivity contribution in [2.24, 2.45) is 5.41 Å². The van der Waals surface area contributed by atoms with Gasteiger partial charge in [-0.2, -0.15) is 0 Å². The van der Waals surface area contributed by atoms with Gasteiger partial charge in [-0.1, -0.05) is 90.9 Å². The topological polar surface area (TPSA) is 107 Å². The van der Waals surface area contributed by atoms with Crippen LogP contribution in [0.5, 0.6) is 0 Å². The highest BCUT2D eigenvalue weighted by atomic mass is 17.1. The van der Waals surface area contributed by atoms with Gasteiger partial charge in [-0.3, -0.25) is 15.8 Å². The molecule has 2 rings (SSSR count). The van der Waals surface area contributed by atoms with E-state index in [0.29, 0.717) is 17.4 Å². The van der Waals surface area contributed by atoms with Crippen LogP contribution >= 0.6 is 0 Å². The van der Waals surface area contributed by atoms with E-state index in [0.717, 1.165) is 6.42 Å². The van der Waals surface area contributed by atoms with Gasteiger partial charge in [0.25, 0.3) is 0 Å². The van der Waals surface area contributed by atoms with E-state index in [1.54, 1.807) is 30.3 Å². The number of carbonyl (C=O) groups is 1. The Bertz CT molecular complexity index is 735. The Hall–Kier alpha value is -2.25. The molecule has 0 saturated carbocycles. The smallest absolute Gasteiger partial charge is 0.335 e. The molecule has 0 bridgehead atoms. The van der Waals surface area contributed by atoms with Gasteiger partial charge in [0.1, 0.15) is 0 Å². The fourth-order valence-corrected chi connectivity index (χ4v) is 3.45. The van der Waals surface area contributed by atoms with E-state index in [4.69, 9.17) is 20.9 Å². The van der Waals surface area contributed by atoms with Crippen molar-refractivity contribution in [3.63, 3.8) is 0 Å². The molecule has 2 aromatic carbocycles. The van der Waals surface area contributed by atoms with Crippen molar-refractivity contribution in [3.05, 3.63) is 71.3 Å². The van der Waals surface area contributed by atoms with Crippen LogP contribution in [0.4, 0.5) is 0 Å². The highest BCUT2D eigenvalue weighted by Gasteiger charge is 2.26. The van der Waals surface area contributed by atoms with Gasteiger partial charge in [-0.05, 0) is 60.8 Å². The summed E-state index contributed by atoms with van der Waals surface area (Å²) in [7, 11) is 0. The normalized spacial score (nSPS) is 10.8. The molecular formula is C27H44O6. The van der Waals surface area contributed by atoms with E-state index in [9.17, 15) is 4.79 Å². The SMILES string of the molecule is CC(C)(C)CC(C)(C)OO.CC(C)c1ccccc1C(C)C.O=C(O)c1ccccc1.OO. The quantitative estimate of drug-likeness (QED) is 0.263. The fourth-order valence-electron chi connectivity index (χ4n) is 3.45. The first kappa shape index (κ1) is 32.9. The fraction of sp³-hybridized carbons (Fsp3) is 0.519. The third kappa shape index (κ3) is 16.1. The molecule has 188 valence electrons. The lowest BCUT2D eigenvalue weighted by Gasteiger charge is -2.29. The Morgan fingerprint density at radius 2 is 1.15 bits per heavy atom. The van der Waals surface area contributed by atoms with Crippen LogP contribution in [-0.4, -0.2) is 32.4 Å². The second kappa shape index (κ2) is 16.4. The van der Waals surface area contributed by atoms with Crippen molar-refractivity contribution < 1.29 is 30.6 Å². The van der Waals surface area contributed by atoms with Crippen molar-refractivity contribution in [1.29, 1.82) is 0 Å². The van der Waals surface area contributed by atoms with Gasteiger partial charge in [0.05, 0.1) is 11.2 Å². The van der Waals surface area contributed by atoms with Gasteiger partial charge in [-0.25, -0.2) is 9.68 Å². The summed E-state index contributed by atoms with van der Waals surface area (Å²) in [5.74, 6) is 0.405. The third-order valence-corrected chi connectivity index (χ3v) is 4.46. The molecule has 4 N–H and O–H groups in total. The maximum Gasteiger partial charge on any atom is 0.335 e. The summed E-state index contributed by atoms with van der Waals surface area (Å²) >= 11 is 0. The molecular weight excluding hydrogens is 420 g/mol. The molecule has 33 heavy (non-hydrogen) atoms. The Kier molecular flexibility index (Phi) is 16.3. The zero-order valence-electron chi connectivity index (χ0n) is 21.7. The predicted molar refractivity (Wildman–Crippen MR) is 135 cm³/mol. The lowest BCUT2D eigenvalue weighted by atomic mass is 9.84. The van der Waals surface area contributed by atoms with E-state index in [1.807, 2.05) is 13.8 Å². The average Bonchev–Trinajstić information content (AvgIpc) is 2.75. The summed E-state index contributed by atoms with van der Waals surface area (Å²) in [6, 6.07) is 17.0. The van der Waals surface area contributed by atoms with Crippen LogP contribution in [0, 0.1) is 5.41 Å². The lowest BCUT2D eigenvalue weighted by molar-refractivity contribution is -0.318. The van der Waals surface area contributed by atoms with Crippen LogP contribution in [-0.2, 0) is 4.89 Å². The van der Waals surface area contributed by atoms with E-state index >= 15 is 0 Å². The summed E-state index contributed by atoms with van der Waals surface area (Å²) in [6.45, 7) is 19.1. The number of rotatable bonds is 5. The zero-order valence-corrected chi connectivity index (χ0v) is 21.7. The highest BCUT2D eigenvalue weighted by molar-refractivity contribution is 5.87. The Balaban J connectivity index is 0. The van der Waals surface area contributed by atoms with E-state index < -0.39 is 11.6 Å². The highest BCUT2D eigenvalue weighted by Crippen LogP contribution is 2.28. The summed E-state index contributed by atoms with van der Waals surface area (Å²) in [4.78, 5) is 14.5. The maximum absolute atomic E-state index is 10.2. The van der Waals surface area contributed by atoms with Crippen LogP contribution in [0.1, 0.15) is 102 Å². The molecule has 0 atom stereocenters. The van der Waals surface area contributed by atoms with E-state index in [2.05, 4.69) is 77.6 Å². The largest absolute Gasteiger partial charge is 0.478 e. The molecule has 0 aromatic heterocycles. The second-order valence-electron chi connectivity index (χ2n) is 10.2. The molecule has 0 aliphatic heterocycles. The van der Waals surface area contributed by atoms with Gasteiger partial charge in [-0.15, -0.1) is 0 Å². The monoisotopic (exact) mass is 464 g/mol. The first-order chi connectivity index (χ1) is 15.2. The van der Waals surface area contributed by atoms with Gasteiger partial charge in [0.2, 0.25) is 0 Å². The number of hydrogen-bond acceptors (Lipinski definition) is 5. The summed E-state index contributed by atoms with van der Waals surface area (Å²) in [5, 5.41) is 28.8. The number of carboxylic acid groups (broad SMARTS) is 1. The molecule has 0 unspecified atom stereocenters. The minimum absolute atomic E-state index is 0.201. The van der Waals surface area contributed by atoms with Gasteiger partial charge < -0.3 is 5.11 Å². The molecule has 6 heteroatoms. The van der Waals surface area contributed by atoms with Crippen molar-refractivity contribution in [2.45, 2.75) is 86.2 Å². The summed E-state index contributed by atoms with van der Waals surface area (Å²) < 4.78 is 0. The zero-order chi connectivity index (χ0) is 26.2. The lowest BCUT2D eigenvalue weighted by Crippen LogP contribution is -2.28. The van der Waals surface area contributed by atoms with Crippen LogP contribution in [0.15, 0.2) is 54.6 Å². The summed E-state index contributed by atoms with van der Waals surface area (Å²) in [6.07, 6.45) is 0.844. The minimum atomic E-state index is -0.879. The third-order valence-electron chi connectivity index (χ3n) is 4.46. The molecule has 0 radical (unpaired) electrons. The Labute approximate surface area is 199 Å². The van der Waals surface area contributed by atoms with Crippen molar-refractivity contribution in [2.75, 3.05) is 0 Å². The molecule has 0 aliphatic carbocycles. The molecule has 0 heterocycles. The summed E-state index contributed by atoms with van der Waals surface area (Å²) in [5.41, 5.74) is 3.10. The predicted octanol–water partition coefficient (Wildman–Crippen LogP) is 8.03. The van der Waals surface area contributed by atoms with E-state index in [-0.39, 0.29) is 5.41 Å². The molecule has 2 aromatic rings. The van der Waals surface area contributed by atoms with Crippen LogP contribution < -0.4 is 0 Å². The standard InChI is InChI=1S/C12H18.C8H18O2.C7H6O2.H2O2/c1-9(2)11-7-5-6-8-12(11)10(3)4;1-7(2,3)6-8(4,5)10-9;8-7(9)6-4-2-1-3-5-6;1-2/h5-10H,1-4H3;9H,6H2,1-5H3;1-5H,(H,8,9);1-2H. The van der Waals surface area contributed by atoms with Crippen LogP contribution in [0.25, 0.3) is 0 Å². The molecule has 0 aliphatic rings. The number of hydrogen-bond donors (Lipinski definition) is 4. The molecule has 0 fully saturated rings. The van der Waals surface area contributed by atoms with E-state index in [1.165, 1.54) is 11.1 Å². The molecule has 0 saturated heterocycles. The Morgan fingerprint density at radius 3 is 1.36 bits per heavy atom.